The standard InChI is InChI=1S/C11H5F4NO2S/c12-5-1-2-7(11(13,14)15)6(3-5)9-16-8(4-19-9)10(17)18/h1-4H,(H,17,18). The number of benzene rings is 1. The third kappa shape index (κ3) is 2.73. The molecule has 0 unspecified atom stereocenters. The summed E-state index contributed by atoms with van der Waals surface area (Å²) in [5.41, 5.74) is -1.90. The zero-order chi connectivity index (χ0) is 14.2. The fourth-order valence-electron chi connectivity index (χ4n) is 1.44. The predicted octanol–water partition coefficient (Wildman–Crippen LogP) is 3.67. The highest BCUT2D eigenvalue weighted by Crippen LogP contribution is 2.38. The second-order valence-corrected chi connectivity index (χ2v) is 4.39. The van der Waals surface area contributed by atoms with Gasteiger partial charge in [-0.05, 0) is 18.2 Å². The van der Waals surface area contributed by atoms with Gasteiger partial charge < -0.3 is 5.11 Å². The van der Waals surface area contributed by atoms with Crippen molar-refractivity contribution in [2.75, 3.05) is 0 Å². The largest absolute Gasteiger partial charge is 0.476 e. The number of alkyl halides is 3. The van der Waals surface area contributed by atoms with Gasteiger partial charge in [0, 0.05) is 10.9 Å². The molecule has 0 amide bonds. The van der Waals surface area contributed by atoms with Gasteiger partial charge in [0.1, 0.15) is 10.8 Å². The summed E-state index contributed by atoms with van der Waals surface area (Å²) in [6, 6.07) is 1.98. The Morgan fingerprint density at radius 2 is 2.00 bits per heavy atom. The maximum Gasteiger partial charge on any atom is 0.417 e. The molecule has 1 N–H and O–H groups in total. The highest BCUT2D eigenvalue weighted by molar-refractivity contribution is 7.13. The minimum Gasteiger partial charge on any atom is -0.476 e. The third-order valence-electron chi connectivity index (χ3n) is 2.24. The van der Waals surface area contributed by atoms with Gasteiger partial charge in [-0.1, -0.05) is 0 Å². The van der Waals surface area contributed by atoms with Gasteiger partial charge in [0.15, 0.2) is 5.69 Å². The number of rotatable bonds is 2. The van der Waals surface area contributed by atoms with Crippen LogP contribution < -0.4 is 0 Å². The Morgan fingerprint density at radius 3 is 2.53 bits per heavy atom. The molecule has 1 aromatic carbocycles. The number of aromatic carboxylic acids is 1. The Kier molecular flexibility index (Phi) is 3.27. The molecule has 2 aromatic rings. The number of hydrogen-bond donors (Lipinski definition) is 1. The van der Waals surface area contributed by atoms with Crippen molar-refractivity contribution in [2.45, 2.75) is 6.18 Å². The molecule has 0 bridgehead atoms. The molecule has 8 heteroatoms. The maximum absolute atomic E-state index is 13.1. The lowest BCUT2D eigenvalue weighted by Gasteiger charge is -2.10. The van der Waals surface area contributed by atoms with Crippen LogP contribution in [0.3, 0.4) is 0 Å². The topological polar surface area (TPSA) is 50.2 Å². The van der Waals surface area contributed by atoms with E-state index in [0.717, 1.165) is 5.38 Å². The van der Waals surface area contributed by atoms with Crippen LogP contribution in [0.25, 0.3) is 10.6 Å². The first-order valence-corrected chi connectivity index (χ1v) is 5.73. The van der Waals surface area contributed by atoms with Crippen LogP contribution in [0.1, 0.15) is 16.1 Å². The summed E-state index contributed by atoms with van der Waals surface area (Å²) in [7, 11) is 0. The Morgan fingerprint density at radius 1 is 1.32 bits per heavy atom. The highest BCUT2D eigenvalue weighted by atomic mass is 32.1. The van der Waals surface area contributed by atoms with Crippen LogP contribution in [0, 0.1) is 5.82 Å². The summed E-state index contributed by atoms with van der Waals surface area (Å²) in [4.78, 5) is 14.2. The SMILES string of the molecule is O=C(O)c1csc(-c2cc(F)ccc2C(F)(F)F)n1. The second kappa shape index (κ2) is 4.61. The quantitative estimate of drug-likeness (QED) is 0.859. The number of aromatic nitrogens is 1. The van der Waals surface area contributed by atoms with E-state index in [1.807, 2.05) is 0 Å². The van der Waals surface area contributed by atoms with E-state index < -0.39 is 29.1 Å². The molecule has 0 aliphatic heterocycles. The second-order valence-electron chi connectivity index (χ2n) is 3.53. The van der Waals surface area contributed by atoms with Gasteiger partial charge in [-0.2, -0.15) is 13.2 Å². The van der Waals surface area contributed by atoms with Gasteiger partial charge in [0.05, 0.1) is 5.56 Å². The van der Waals surface area contributed by atoms with Gasteiger partial charge in [-0.3, -0.25) is 0 Å². The molecule has 100 valence electrons. The van der Waals surface area contributed by atoms with E-state index in [2.05, 4.69) is 4.98 Å². The molecule has 3 nitrogen and oxygen atoms in total. The van der Waals surface area contributed by atoms with E-state index in [1.54, 1.807) is 0 Å². The first-order chi connectivity index (χ1) is 8.79. The van der Waals surface area contributed by atoms with Crippen LogP contribution in [0.2, 0.25) is 0 Å². The van der Waals surface area contributed by atoms with Gasteiger partial charge in [0.25, 0.3) is 0 Å². The van der Waals surface area contributed by atoms with Crippen molar-refractivity contribution in [3.63, 3.8) is 0 Å². The minimum absolute atomic E-state index is 0.191. The number of carboxylic acid groups (broad SMARTS) is 1. The molecule has 2 rings (SSSR count). The number of nitrogens with zero attached hydrogens (tertiary/aromatic N) is 1. The van der Waals surface area contributed by atoms with E-state index in [0.29, 0.717) is 29.5 Å². The number of hydrogen-bond acceptors (Lipinski definition) is 3. The molecular formula is C11H5F4NO2S. The van der Waals surface area contributed by atoms with Crippen LogP contribution in [-0.4, -0.2) is 16.1 Å². The van der Waals surface area contributed by atoms with Crippen molar-refractivity contribution >= 4 is 17.3 Å². The number of carbonyl (C=O) groups is 1. The van der Waals surface area contributed by atoms with Crippen LogP contribution in [0.5, 0.6) is 0 Å². The van der Waals surface area contributed by atoms with Crippen LogP contribution in [0.4, 0.5) is 17.6 Å². The summed E-state index contributed by atoms with van der Waals surface area (Å²) in [6.45, 7) is 0. The Hall–Kier alpha value is -1.96. The van der Waals surface area contributed by atoms with Crippen LogP contribution >= 0.6 is 11.3 Å². The van der Waals surface area contributed by atoms with Crippen molar-refractivity contribution in [3.05, 3.63) is 40.7 Å². The lowest BCUT2D eigenvalue weighted by atomic mass is 10.1. The van der Waals surface area contributed by atoms with E-state index >= 15 is 0 Å². The van der Waals surface area contributed by atoms with Gasteiger partial charge in [-0.15, -0.1) is 11.3 Å². The van der Waals surface area contributed by atoms with E-state index in [-0.39, 0.29) is 10.7 Å². The zero-order valence-corrected chi connectivity index (χ0v) is 9.85. The number of halogens is 4. The molecule has 0 fully saturated rings. The average molecular weight is 291 g/mol. The smallest absolute Gasteiger partial charge is 0.417 e. The first kappa shape index (κ1) is 13.5. The number of thiazole rings is 1. The number of carboxylic acids is 1. The molecular weight excluding hydrogens is 286 g/mol. The minimum atomic E-state index is -4.67. The molecule has 0 saturated heterocycles. The molecule has 1 aromatic heterocycles. The molecule has 1 heterocycles. The highest BCUT2D eigenvalue weighted by Gasteiger charge is 2.34. The average Bonchev–Trinajstić information content (AvgIpc) is 2.76. The molecule has 0 spiro atoms. The molecule has 0 aliphatic rings. The Balaban J connectivity index is 2.59. The third-order valence-corrected chi connectivity index (χ3v) is 3.12. The van der Waals surface area contributed by atoms with Crippen molar-refractivity contribution in [1.82, 2.24) is 4.98 Å². The normalized spacial score (nSPS) is 11.6. The lowest BCUT2D eigenvalue weighted by Crippen LogP contribution is -2.07. The summed E-state index contributed by atoms with van der Waals surface area (Å²) in [5, 5.41) is 9.59. The summed E-state index contributed by atoms with van der Waals surface area (Å²) in [6.07, 6.45) is -4.67. The summed E-state index contributed by atoms with van der Waals surface area (Å²) in [5.74, 6) is -2.21. The predicted molar refractivity (Wildman–Crippen MR) is 59.5 cm³/mol. The fraction of sp³-hybridized carbons (Fsp3) is 0.0909. The molecule has 0 atom stereocenters. The van der Waals surface area contributed by atoms with E-state index in [1.165, 1.54) is 0 Å². The molecule has 0 aliphatic carbocycles. The molecule has 0 radical (unpaired) electrons. The van der Waals surface area contributed by atoms with E-state index in [9.17, 15) is 22.4 Å². The molecule has 0 saturated carbocycles. The van der Waals surface area contributed by atoms with Crippen molar-refractivity contribution < 1.29 is 27.5 Å². The van der Waals surface area contributed by atoms with Gasteiger partial charge in [-0.25, -0.2) is 14.2 Å². The zero-order valence-electron chi connectivity index (χ0n) is 9.03. The van der Waals surface area contributed by atoms with Crippen LogP contribution in [-0.2, 0) is 6.18 Å². The van der Waals surface area contributed by atoms with Crippen LogP contribution in [0.15, 0.2) is 23.6 Å². The fourth-order valence-corrected chi connectivity index (χ4v) is 2.26. The van der Waals surface area contributed by atoms with Gasteiger partial charge >= 0.3 is 12.1 Å². The monoisotopic (exact) mass is 291 g/mol. The van der Waals surface area contributed by atoms with E-state index in [4.69, 9.17) is 5.11 Å². The Labute approximate surface area is 108 Å². The summed E-state index contributed by atoms with van der Waals surface area (Å²) >= 11 is 0.711. The summed E-state index contributed by atoms with van der Waals surface area (Å²) < 4.78 is 51.4. The molecule has 19 heavy (non-hydrogen) atoms. The first-order valence-electron chi connectivity index (χ1n) is 4.85. The lowest BCUT2D eigenvalue weighted by molar-refractivity contribution is -0.137. The maximum atomic E-state index is 13.1. The van der Waals surface area contributed by atoms with Crippen molar-refractivity contribution in [3.8, 4) is 10.6 Å². The van der Waals surface area contributed by atoms with Crippen molar-refractivity contribution in [2.24, 2.45) is 0 Å². The Bertz CT molecular complexity index is 636. The van der Waals surface area contributed by atoms with Gasteiger partial charge in [0.2, 0.25) is 0 Å². The van der Waals surface area contributed by atoms with Crippen molar-refractivity contribution in [1.29, 1.82) is 0 Å².